The molecular formula is C13H20N4O3. The minimum Gasteiger partial charge on any atom is -0.396 e. The first kappa shape index (κ1) is 14.5. The van der Waals surface area contributed by atoms with Crippen molar-refractivity contribution in [3.05, 3.63) is 27.2 Å². The lowest BCUT2D eigenvalue weighted by molar-refractivity contribution is 0.227. The van der Waals surface area contributed by atoms with Crippen LogP contribution in [-0.2, 0) is 13.6 Å². The summed E-state index contributed by atoms with van der Waals surface area (Å²) in [4.78, 5) is 31.1. The minimum absolute atomic E-state index is 0.168. The molecule has 2 aromatic heterocycles. The Morgan fingerprint density at radius 1 is 1.40 bits per heavy atom. The number of hydrogen-bond acceptors (Lipinski definition) is 4. The summed E-state index contributed by atoms with van der Waals surface area (Å²) in [6.07, 6.45) is 3.91. The molecule has 0 fully saturated rings. The number of unbranched alkanes of at least 4 members (excludes halogenated alkanes) is 1. The van der Waals surface area contributed by atoms with Crippen molar-refractivity contribution in [3.8, 4) is 0 Å². The summed E-state index contributed by atoms with van der Waals surface area (Å²) in [6.45, 7) is 2.53. The number of aliphatic hydroxyl groups is 1. The van der Waals surface area contributed by atoms with E-state index < -0.39 is 0 Å². The maximum absolute atomic E-state index is 12.2. The molecule has 0 aromatic carbocycles. The van der Waals surface area contributed by atoms with Crippen LogP contribution in [0.15, 0.2) is 15.9 Å². The predicted octanol–water partition coefficient (Wildman–Crippen LogP) is 0.222. The second kappa shape index (κ2) is 6.04. The van der Waals surface area contributed by atoms with E-state index in [1.807, 2.05) is 6.92 Å². The van der Waals surface area contributed by atoms with Crippen LogP contribution < -0.4 is 11.2 Å². The van der Waals surface area contributed by atoms with Gasteiger partial charge < -0.3 is 10.1 Å². The summed E-state index contributed by atoms with van der Waals surface area (Å²) < 4.78 is 2.62. The zero-order chi connectivity index (χ0) is 14.7. The Kier molecular flexibility index (Phi) is 4.39. The Hall–Kier alpha value is -1.89. The van der Waals surface area contributed by atoms with Crippen LogP contribution in [0.25, 0.3) is 11.2 Å². The van der Waals surface area contributed by atoms with Crippen molar-refractivity contribution in [3.63, 3.8) is 0 Å². The summed E-state index contributed by atoms with van der Waals surface area (Å²) in [5.41, 5.74) is 0.0709. The molecule has 0 amide bonds. The Balaban J connectivity index is 2.18. The molecule has 0 bridgehead atoms. The van der Waals surface area contributed by atoms with Gasteiger partial charge in [-0.05, 0) is 18.8 Å². The summed E-state index contributed by atoms with van der Waals surface area (Å²) >= 11 is 0. The Morgan fingerprint density at radius 3 is 2.85 bits per heavy atom. The fraction of sp³-hybridized carbons (Fsp3) is 0.615. The zero-order valence-corrected chi connectivity index (χ0v) is 11.8. The smallest absolute Gasteiger partial charge is 0.332 e. The van der Waals surface area contributed by atoms with E-state index in [1.54, 1.807) is 7.05 Å². The highest BCUT2D eigenvalue weighted by Crippen LogP contribution is 2.07. The van der Waals surface area contributed by atoms with Gasteiger partial charge in [0, 0.05) is 20.2 Å². The molecule has 110 valence electrons. The Bertz CT molecular complexity index is 698. The highest BCUT2D eigenvalue weighted by molar-refractivity contribution is 5.68. The second-order valence-electron chi connectivity index (χ2n) is 5.18. The Morgan fingerprint density at radius 2 is 2.15 bits per heavy atom. The Labute approximate surface area is 115 Å². The first-order valence-electron chi connectivity index (χ1n) is 6.80. The van der Waals surface area contributed by atoms with Crippen molar-refractivity contribution in [1.29, 1.82) is 0 Å². The van der Waals surface area contributed by atoms with Crippen LogP contribution >= 0.6 is 0 Å². The van der Waals surface area contributed by atoms with E-state index >= 15 is 0 Å². The molecule has 0 aliphatic rings. The molecule has 2 heterocycles. The summed E-state index contributed by atoms with van der Waals surface area (Å²) in [5, 5.41) is 8.95. The number of imidazole rings is 1. The number of nitrogens with one attached hydrogen (secondary N) is 1. The van der Waals surface area contributed by atoms with E-state index in [-0.39, 0.29) is 23.8 Å². The van der Waals surface area contributed by atoms with Crippen LogP contribution in [0, 0.1) is 5.92 Å². The molecular weight excluding hydrogens is 260 g/mol. The molecule has 0 radical (unpaired) electrons. The summed E-state index contributed by atoms with van der Waals surface area (Å²) in [6, 6.07) is 0. The van der Waals surface area contributed by atoms with Gasteiger partial charge in [-0.15, -0.1) is 0 Å². The van der Waals surface area contributed by atoms with Crippen molar-refractivity contribution < 1.29 is 5.11 Å². The summed E-state index contributed by atoms with van der Waals surface area (Å²) in [5.74, 6) is 0.254. The lowest BCUT2D eigenvalue weighted by Crippen LogP contribution is -2.39. The van der Waals surface area contributed by atoms with E-state index in [0.29, 0.717) is 17.7 Å². The van der Waals surface area contributed by atoms with Crippen LogP contribution in [0.1, 0.15) is 26.2 Å². The number of hydrogen-bond donors (Lipinski definition) is 2. The number of aliphatic hydroxyl groups excluding tert-OH is 1. The fourth-order valence-corrected chi connectivity index (χ4v) is 2.24. The number of nitrogens with zero attached hydrogens (tertiary/aromatic N) is 3. The normalized spacial score (nSPS) is 12.9. The predicted molar refractivity (Wildman–Crippen MR) is 75.7 cm³/mol. The van der Waals surface area contributed by atoms with Gasteiger partial charge in [0.25, 0.3) is 5.56 Å². The van der Waals surface area contributed by atoms with Crippen LogP contribution in [0.3, 0.4) is 0 Å². The van der Waals surface area contributed by atoms with Gasteiger partial charge in [-0.3, -0.25) is 13.9 Å². The van der Waals surface area contributed by atoms with Gasteiger partial charge in [-0.1, -0.05) is 13.3 Å². The first-order valence-corrected chi connectivity index (χ1v) is 6.80. The van der Waals surface area contributed by atoms with Gasteiger partial charge in [0.1, 0.15) is 5.52 Å². The molecule has 0 aliphatic carbocycles. The van der Waals surface area contributed by atoms with E-state index in [4.69, 9.17) is 5.11 Å². The maximum atomic E-state index is 12.2. The number of aryl methyl sites for hydroxylation is 1. The molecule has 2 aromatic rings. The monoisotopic (exact) mass is 280 g/mol. The molecule has 7 heteroatoms. The lowest BCUT2D eigenvalue weighted by Gasteiger charge is -2.09. The third-order valence-electron chi connectivity index (χ3n) is 3.55. The topological polar surface area (TPSA) is 92.9 Å². The van der Waals surface area contributed by atoms with Crippen LogP contribution in [0.4, 0.5) is 0 Å². The molecule has 7 nitrogen and oxygen atoms in total. The van der Waals surface area contributed by atoms with Gasteiger partial charge in [-0.2, -0.15) is 0 Å². The van der Waals surface area contributed by atoms with Gasteiger partial charge in [0.05, 0.1) is 6.33 Å². The molecule has 2 N–H and O–H groups in total. The largest absolute Gasteiger partial charge is 0.396 e. The van der Waals surface area contributed by atoms with Crippen molar-refractivity contribution >= 4 is 11.2 Å². The van der Waals surface area contributed by atoms with Gasteiger partial charge in [-0.25, -0.2) is 9.78 Å². The maximum Gasteiger partial charge on any atom is 0.332 e. The van der Waals surface area contributed by atoms with Crippen molar-refractivity contribution in [2.75, 3.05) is 6.61 Å². The standard InChI is InChI=1S/C13H20N4O3/c1-9(7-18)5-3-4-6-17-12(19)10-11(15-8-14-10)16(2)13(17)20/h8-9,18H,3-7H2,1-2H3,(H,14,15). The minimum atomic E-state index is -0.343. The highest BCUT2D eigenvalue weighted by atomic mass is 16.3. The van der Waals surface area contributed by atoms with E-state index in [2.05, 4.69) is 9.97 Å². The number of aromatic amines is 1. The average Bonchev–Trinajstić information content (AvgIpc) is 2.93. The lowest BCUT2D eigenvalue weighted by atomic mass is 10.1. The number of fused-ring (bicyclic) bond motifs is 1. The van der Waals surface area contributed by atoms with Crippen LogP contribution in [0.2, 0.25) is 0 Å². The van der Waals surface area contributed by atoms with Crippen molar-refractivity contribution in [1.82, 2.24) is 19.1 Å². The first-order chi connectivity index (χ1) is 9.56. The van der Waals surface area contributed by atoms with Crippen LogP contribution in [0.5, 0.6) is 0 Å². The third kappa shape index (κ3) is 2.67. The van der Waals surface area contributed by atoms with E-state index in [9.17, 15) is 9.59 Å². The van der Waals surface area contributed by atoms with Crippen molar-refractivity contribution in [2.24, 2.45) is 13.0 Å². The molecule has 0 aliphatic heterocycles. The fourth-order valence-electron chi connectivity index (χ4n) is 2.24. The van der Waals surface area contributed by atoms with E-state index in [0.717, 1.165) is 19.3 Å². The van der Waals surface area contributed by atoms with Crippen LogP contribution in [-0.4, -0.2) is 30.8 Å². The third-order valence-corrected chi connectivity index (χ3v) is 3.55. The number of aromatic nitrogens is 4. The number of H-pyrrole nitrogens is 1. The molecule has 1 unspecified atom stereocenters. The molecule has 0 saturated heterocycles. The molecule has 0 saturated carbocycles. The molecule has 0 spiro atoms. The summed E-state index contributed by atoms with van der Waals surface area (Å²) in [7, 11) is 1.61. The van der Waals surface area contributed by atoms with Crippen molar-refractivity contribution in [2.45, 2.75) is 32.7 Å². The zero-order valence-electron chi connectivity index (χ0n) is 11.8. The molecule has 1 atom stereocenters. The average molecular weight is 280 g/mol. The van der Waals surface area contributed by atoms with Gasteiger partial charge in [0.2, 0.25) is 0 Å². The number of rotatable bonds is 6. The highest BCUT2D eigenvalue weighted by Gasteiger charge is 2.12. The second-order valence-corrected chi connectivity index (χ2v) is 5.18. The van der Waals surface area contributed by atoms with Gasteiger partial charge >= 0.3 is 5.69 Å². The van der Waals surface area contributed by atoms with E-state index in [1.165, 1.54) is 15.5 Å². The molecule has 20 heavy (non-hydrogen) atoms. The SMILES string of the molecule is CC(CO)CCCCn1c(=O)c2[nH]cnc2n(C)c1=O. The quantitative estimate of drug-likeness (QED) is 0.740. The molecule has 2 rings (SSSR count). The van der Waals surface area contributed by atoms with Gasteiger partial charge in [0.15, 0.2) is 5.65 Å².